The lowest BCUT2D eigenvalue weighted by Gasteiger charge is -2.30. The van der Waals surface area contributed by atoms with E-state index in [1.54, 1.807) is 12.1 Å². The summed E-state index contributed by atoms with van der Waals surface area (Å²) in [4.78, 5) is 27.2. The molecule has 0 radical (unpaired) electrons. The summed E-state index contributed by atoms with van der Waals surface area (Å²) >= 11 is 5.99. The summed E-state index contributed by atoms with van der Waals surface area (Å²) in [5.41, 5.74) is 0.792. The average Bonchev–Trinajstić information content (AvgIpc) is 3.33. The predicted octanol–water partition coefficient (Wildman–Crippen LogP) is 3.38. The molecule has 1 saturated heterocycles. The molecule has 2 amide bonds. The van der Waals surface area contributed by atoms with Crippen molar-refractivity contribution < 1.29 is 9.59 Å². The SMILES string of the molecule is Cc1ccc(Cl)cc1NC(=O)C1(C(=O)N2CCCCC2)CC1. The maximum Gasteiger partial charge on any atom is 0.240 e. The first-order chi connectivity index (χ1) is 10.5. The van der Waals surface area contributed by atoms with Crippen molar-refractivity contribution in [1.29, 1.82) is 0 Å². The van der Waals surface area contributed by atoms with Crippen LogP contribution in [0.5, 0.6) is 0 Å². The van der Waals surface area contributed by atoms with E-state index in [9.17, 15) is 9.59 Å². The molecule has 4 nitrogen and oxygen atoms in total. The van der Waals surface area contributed by atoms with Gasteiger partial charge in [0, 0.05) is 23.8 Å². The second-order valence-electron chi connectivity index (χ2n) is 6.35. The highest BCUT2D eigenvalue weighted by Crippen LogP contribution is 2.48. The Bertz CT molecular complexity index is 605. The Balaban J connectivity index is 1.73. The highest BCUT2D eigenvalue weighted by atomic mass is 35.5. The van der Waals surface area contributed by atoms with Crippen LogP contribution in [-0.4, -0.2) is 29.8 Å². The summed E-state index contributed by atoms with van der Waals surface area (Å²) in [5.74, 6) is -0.183. The van der Waals surface area contributed by atoms with Gasteiger partial charge in [0.15, 0.2) is 0 Å². The van der Waals surface area contributed by atoms with Gasteiger partial charge < -0.3 is 10.2 Å². The molecular formula is C17H21ClN2O2. The van der Waals surface area contributed by atoms with Crippen LogP contribution in [0.3, 0.4) is 0 Å². The van der Waals surface area contributed by atoms with Gasteiger partial charge in [-0.2, -0.15) is 0 Å². The van der Waals surface area contributed by atoms with Crippen LogP contribution >= 0.6 is 11.6 Å². The third-order valence-electron chi connectivity index (χ3n) is 4.69. The van der Waals surface area contributed by atoms with Crippen molar-refractivity contribution in [3.05, 3.63) is 28.8 Å². The van der Waals surface area contributed by atoms with E-state index in [0.29, 0.717) is 23.6 Å². The van der Waals surface area contributed by atoms with Gasteiger partial charge in [0.1, 0.15) is 5.41 Å². The number of amides is 2. The van der Waals surface area contributed by atoms with E-state index in [0.717, 1.165) is 31.5 Å². The second-order valence-corrected chi connectivity index (χ2v) is 6.78. The quantitative estimate of drug-likeness (QED) is 0.868. The lowest BCUT2D eigenvalue weighted by Crippen LogP contribution is -2.45. The maximum absolute atomic E-state index is 12.7. The van der Waals surface area contributed by atoms with Gasteiger partial charge in [0.25, 0.3) is 0 Å². The van der Waals surface area contributed by atoms with E-state index in [1.807, 2.05) is 17.9 Å². The number of carbonyl (C=O) groups excluding carboxylic acids is 2. The molecule has 1 aromatic carbocycles. The molecule has 22 heavy (non-hydrogen) atoms. The molecule has 2 fully saturated rings. The van der Waals surface area contributed by atoms with Crippen LogP contribution in [0, 0.1) is 12.3 Å². The standard InChI is InChI=1S/C17H21ClN2O2/c1-12-5-6-13(18)11-14(12)19-15(21)17(7-8-17)16(22)20-9-3-2-4-10-20/h5-6,11H,2-4,7-10H2,1H3,(H,19,21). The number of hydrogen-bond donors (Lipinski definition) is 1. The third kappa shape index (κ3) is 2.84. The zero-order chi connectivity index (χ0) is 15.7. The fourth-order valence-electron chi connectivity index (χ4n) is 3.03. The number of rotatable bonds is 3. The first-order valence-electron chi connectivity index (χ1n) is 7.90. The Morgan fingerprint density at radius 2 is 1.86 bits per heavy atom. The van der Waals surface area contributed by atoms with Gasteiger partial charge in [-0.3, -0.25) is 9.59 Å². The summed E-state index contributed by atoms with van der Waals surface area (Å²) in [6, 6.07) is 5.39. The van der Waals surface area contributed by atoms with Gasteiger partial charge in [-0.05, 0) is 56.7 Å². The van der Waals surface area contributed by atoms with E-state index >= 15 is 0 Å². The molecule has 1 aliphatic carbocycles. The number of aryl methyl sites for hydroxylation is 1. The lowest BCUT2D eigenvalue weighted by atomic mass is 10.0. The van der Waals surface area contributed by atoms with E-state index in [-0.39, 0.29) is 11.8 Å². The molecule has 0 aromatic heterocycles. The largest absolute Gasteiger partial charge is 0.342 e. The number of nitrogens with one attached hydrogen (secondary N) is 1. The molecule has 0 unspecified atom stereocenters. The molecule has 1 aromatic rings. The monoisotopic (exact) mass is 320 g/mol. The Hall–Kier alpha value is -1.55. The number of piperidine rings is 1. The van der Waals surface area contributed by atoms with E-state index in [4.69, 9.17) is 11.6 Å². The summed E-state index contributed by atoms with van der Waals surface area (Å²) in [6.45, 7) is 3.48. The predicted molar refractivity (Wildman–Crippen MR) is 86.9 cm³/mol. The van der Waals surface area contributed by atoms with E-state index in [2.05, 4.69) is 5.32 Å². The van der Waals surface area contributed by atoms with Crippen molar-refractivity contribution in [2.45, 2.75) is 39.0 Å². The van der Waals surface area contributed by atoms with Crippen molar-refractivity contribution in [2.24, 2.45) is 5.41 Å². The van der Waals surface area contributed by atoms with Gasteiger partial charge in [0.2, 0.25) is 11.8 Å². The number of benzene rings is 1. The van der Waals surface area contributed by atoms with Gasteiger partial charge in [0.05, 0.1) is 0 Å². The van der Waals surface area contributed by atoms with Crippen LogP contribution in [0.15, 0.2) is 18.2 Å². The van der Waals surface area contributed by atoms with Crippen LogP contribution in [0.1, 0.15) is 37.7 Å². The number of anilines is 1. The summed E-state index contributed by atoms with van der Waals surface area (Å²) in [7, 11) is 0. The van der Waals surface area contributed by atoms with Crippen molar-refractivity contribution in [2.75, 3.05) is 18.4 Å². The molecule has 1 heterocycles. The molecule has 2 aliphatic rings. The van der Waals surface area contributed by atoms with Crippen molar-refractivity contribution in [3.8, 4) is 0 Å². The number of halogens is 1. The van der Waals surface area contributed by atoms with E-state index in [1.165, 1.54) is 6.42 Å². The van der Waals surface area contributed by atoms with E-state index < -0.39 is 5.41 Å². The first kappa shape index (κ1) is 15.3. The molecule has 0 bridgehead atoms. The van der Waals surface area contributed by atoms with Crippen LogP contribution in [0.4, 0.5) is 5.69 Å². The fraction of sp³-hybridized carbons (Fsp3) is 0.529. The molecule has 1 aliphatic heterocycles. The minimum absolute atomic E-state index is 0.00406. The Morgan fingerprint density at radius 3 is 2.50 bits per heavy atom. The molecule has 118 valence electrons. The fourth-order valence-corrected chi connectivity index (χ4v) is 3.21. The van der Waals surface area contributed by atoms with Crippen LogP contribution in [0.2, 0.25) is 5.02 Å². The number of hydrogen-bond acceptors (Lipinski definition) is 2. The molecule has 5 heteroatoms. The summed E-state index contributed by atoms with van der Waals surface area (Å²) in [5, 5.41) is 3.48. The van der Waals surface area contributed by atoms with Crippen LogP contribution in [0.25, 0.3) is 0 Å². The minimum Gasteiger partial charge on any atom is -0.342 e. The maximum atomic E-state index is 12.7. The van der Waals surface area contributed by atoms with Gasteiger partial charge in [-0.25, -0.2) is 0 Å². The second kappa shape index (κ2) is 5.92. The zero-order valence-corrected chi connectivity index (χ0v) is 13.6. The first-order valence-corrected chi connectivity index (χ1v) is 8.28. The smallest absolute Gasteiger partial charge is 0.240 e. The Morgan fingerprint density at radius 1 is 1.18 bits per heavy atom. The zero-order valence-electron chi connectivity index (χ0n) is 12.8. The van der Waals surface area contributed by atoms with Crippen LogP contribution < -0.4 is 5.32 Å². The highest BCUT2D eigenvalue weighted by Gasteiger charge is 2.58. The van der Waals surface area contributed by atoms with Gasteiger partial charge in [-0.15, -0.1) is 0 Å². The lowest BCUT2D eigenvalue weighted by molar-refractivity contribution is -0.143. The number of carbonyl (C=O) groups is 2. The van der Waals surface area contributed by atoms with Crippen molar-refractivity contribution in [3.63, 3.8) is 0 Å². The number of likely N-dealkylation sites (tertiary alicyclic amines) is 1. The third-order valence-corrected chi connectivity index (χ3v) is 4.92. The van der Waals surface area contributed by atoms with Gasteiger partial charge >= 0.3 is 0 Å². The van der Waals surface area contributed by atoms with Crippen molar-refractivity contribution in [1.82, 2.24) is 4.90 Å². The topological polar surface area (TPSA) is 49.4 Å². The molecular weight excluding hydrogens is 300 g/mol. The molecule has 3 rings (SSSR count). The summed E-state index contributed by atoms with van der Waals surface area (Å²) < 4.78 is 0. The molecule has 1 saturated carbocycles. The minimum atomic E-state index is -0.841. The average molecular weight is 321 g/mol. The molecule has 0 atom stereocenters. The number of nitrogens with zero attached hydrogens (tertiary/aromatic N) is 1. The summed E-state index contributed by atoms with van der Waals surface area (Å²) in [6.07, 6.45) is 4.54. The Kier molecular flexibility index (Phi) is 4.13. The van der Waals surface area contributed by atoms with Crippen molar-refractivity contribution >= 4 is 29.1 Å². The molecule has 0 spiro atoms. The normalized spacial score (nSPS) is 19.6. The van der Waals surface area contributed by atoms with Crippen LogP contribution in [-0.2, 0) is 9.59 Å². The Labute approximate surface area is 135 Å². The molecule has 1 N–H and O–H groups in total. The van der Waals surface area contributed by atoms with Gasteiger partial charge in [-0.1, -0.05) is 17.7 Å². The highest BCUT2D eigenvalue weighted by molar-refractivity contribution is 6.31.